The van der Waals surface area contributed by atoms with E-state index in [1.807, 2.05) is 31.2 Å². The van der Waals surface area contributed by atoms with Gasteiger partial charge in [0.2, 0.25) is 0 Å². The second-order valence-electron chi connectivity index (χ2n) is 5.71. The summed E-state index contributed by atoms with van der Waals surface area (Å²) in [5.74, 6) is 0.000957. The predicted octanol–water partition coefficient (Wildman–Crippen LogP) is 2.45. The van der Waals surface area contributed by atoms with Gasteiger partial charge in [-0.2, -0.15) is 0 Å². The fourth-order valence-electron chi connectivity index (χ4n) is 2.39. The zero-order chi connectivity index (χ0) is 18.1. The topological polar surface area (TPSA) is 64.6 Å². The van der Waals surface area contributed by atoms with Crippen LogP contribution in [0.25, 0.3) is 0 Å². The lowest BCUT2D eigenvalue weighted by Gasteiger charge is -2.08. The summed E-state index contributed by atoms with van der Waals surface area (Å²) in [5.41, 5.74) is 3.20. The Bertz CT molecular complexity index is 710. The van der Waals surface area contributed by atoms with Crippen molar-refractivity contribution in [1.82, 2.24) is 5.32 Å². The third kappa shape index (κ3) is 6.30. The lowest BCUT2D eigenvalue weighted by molar-refractivity contribution is -0.147. The van der Waals surface area contributed by atoms with E-state index in [1.165, 1.54) is 11.1 Å². The molecule has 132 valence electrons. The molecule has 0 fully saturated rings. The van der Waals surface area contributed by atoms with Crippen molar-refractivity contribution in [2.24, 2.45) is 0 Å². The molecule has 0 aliphatic heterocycles. The number of ether oxygens (including phenoxy) is 2. The van der Waals surface area contributed by atoms with Crippen molar-refractivity contribution >= 4 is 11.9 Å². The van der Waals surface area contributed by atoms with Crippen molar-refractivity contribution in [3.63, 3.8) is 0 Å². The fraction of sp³-hybridized carbons (Fsp3) is 0.300. The maximum absolute atomic E-state index is 11.8. The molecule has 0 aromatic heterocycles. The molecule has 5 nitrogen and oxygen atoms in total. The summed E-state index contributed by atoms with van der Waals surface area (Å²) >= 11 is 0. The van der Waals surface area contributed by atoms with E-state index in [0.29, 0.717) is 6.54 Å². The van der Waals surface area contributed by atoms with E-state index >= 15 is 0 Å². The second kappa shape index (κ2) is 9.47. The van der Waals surface area contributed by atoms with E-state index in [2.05, 4.69) is 5.32 Å². The van der Waals surface area contributed by atoms with E-state index in [-0.39, 0.29) is 18.9 Å². The third-order valence-electron chi connectivity index (χ3n) is 3.85. The molecule has 0 atom stereocenters. The summed E-state index contributed by atoms with van der Waals surface area (Å²) < 4.78 is 10.1. The van der Waals surface area contributed by atoms with Crippen LogP contribution in [0.5, 0.6) is 5.75 Å². The number of rotatable bonds is 8. The van der Waals surface area contributed by atoms with Crippen LogP contribution in [0.1, 0.15) is 16.7 Å². The van der Waals surface area contributed by atoms with Gasteiger partial charge in [0.15, 0.2) is 6.61 Å². The Morgan fingerprint density at radius 3 is 2.44 bits per heavy atom. The molecular formula is C20H23NO4. The zero-order valence-corrected chi connectivity index (χ0v) is 14.6. The molecule has 0 radical (unpaired) electrons. The number of esters is 1. The number of methoxy groups -OCH3 is 1. The second-order valence-corrected chi connectivity index (χ2v) is 5.71. The van der Waals surface area contributed by atoms with Crippen LogP contribution in [-0.2, 0) is 27.2 Å². The van der Waals surface area contributed by atoms with Gasteiger partial charge in [-0.3, -0.25) is 9.59 Å². The Hall–Kier alpha value is -2.82. The molecule has 2 aromatic carbocycles. The number of carbonyl (C=O) groups is 2. The molecular weight excluding hydrogens is 318 g/mol. The van der Waals surface area contributed by atoms with Crippen LogP contribution in [0.2, 0.25) is 0 Å². The third-order valence-corrected chi connectivity index (χ3v) is 3.85. The van der Waals surface area contributed by atoms with Gasteiger partial charge in [0.25, 0.3) is 5.91 Å². The summed E-state index contributed by atoms with van der Waals surface area (Å²) in [4.78, 5) is 23.5. The number of carbonyl (C=O) groups excluding carboxylic acids is 2. The molecule has 1 amide bonds. The van der Waals surface area contributed by atoms with E-state index < -0.39 is 5.97 Å². The first-order valence-electron chi connectivity index (χ1n) is 8.18. The van der Waals surface area contributed by atoms with E-state index in [4.69, 9.17) is 9.47 Å². The van der Waals surface area contributed by atoms with Crippen LogP contribution in [0.15, 0.2) is 48.5 Å². The number of aryl methyl sites for hydroxylation is 1. The molecule has 0 aliphatic carbocycles. The Labute approximate surface area is 148 Å². The molecule has 0 saturated carbocycles. The normalized spacial score (nSPS) is 10.2. The molecule has 0 saturated heterocycles. The first-order chi connectivity index (χ1) is 12.1. The summed E-state index contributed by atoms with van der Waals surface area (Å²) in [6, 6.07) is 15.2. The lowest BCUT2D eigenvalue weighted by Crippen LogP contribution is -2.30. The van der Waals surface area contributed by atoms with Crippen LogP contribution in [0.3, 0.4) is 0 Å². The zero-order valence-electron chi connectivity index (χ0n) is 14.6. The minimum atomic E-state index is -0.431. The summed E-state index contributed by atoms with van der Waals surface area (Å²) in [7, 11) is 1.58. The molecule has 0 heterocycles. The van der Waals surface area contributed by atoms with E-state index in [0.717, 1.165) is 17.7 Å². The van der Waals surface area contributed by atoms with Gasteiger partial charge in [0.1, 0.15) is 5.75 Å². The quantitative estimate of drug-likeness (QED) is 0.749. The molecule has 1 N–H and O–H groups in total. The number of nitrogens with one attached hydrogen (secondary N) is 1. The van der Waals surface area contributed by atoms with Gasteiger partial charge in [-0.15, -0.1) is 0 Å². The van der Waals surface area contributed by atoms with Crippen molar-refractivity contribution in [1.29, 1.82) is 0 Å². The van der Waals surface area contributed by atoms with Crippen molar-refractivity contribution in [3.8, 4) is 5.75 Å². The monoisotopic (exact) mass is 341 g/mol. The highest BCUT2D eigenvalue weighted by molar-refractivity contribution is 5.81. The molecule has 0 bridgehead atoms. The summed E-state index contributed by atoms with van der Waals surface area (Å²) in [6.45, 7) is 2.29. The molecule has 0 unspecified atom stereocenters. The Morgan fingerprint density at radius 2 is 1.76 bits per heavy atom. The Morgan fingerprint density at radius 1 is 1.04 bits per heavy atom. The Kier molecular flexibility index (Phi) is 7.01. The number of benzene rings is 2. The molecule has 0 aliphatic rings. The first kappa shape index (κ1) is 18.5. The molecule has 2 rings (SSSR count). The smallest absolute Gasteiger partial charge is 0.310 e. The number of hydrogen-bond acceptors (Lipinski definition) is 4. The highest BCUT2D eigenvalue weighted by Crippen LogP contribution is 2.12. The largest absolute Gasteiger partial charge is 0.497 e. The van der Waals surface area contributed by atoms with Gasteiger partial charge < -0.3 is 14.8 Å². The molecule has 0 spiro atoms. The maximum Gasteiger partial charge on any atom is 0.310 e. The number of amides is 1. The van der Waals surface area contributed by atoms with Gasteiger partial charge in [-0.25, -0.2) is 0 Å². The predicted molar refractivity (Wildman–Crippen MR) is 95.5 cm³/mol. The standard InChI is InChI=1S/C20H23NO4/c1-15-5-3-4-6-17(15)11-12-21-19(22)14-25-20(23)13-16-7-9-18(24-2)10-8-16/h3-10H,11-14H2,1-2H3,(H,21,22). The van der Waals surface area contributed by atoms with Crippen molar-refractivity contribution in [2.75, 3.05) is 20.3 Å². The van der Waals surface area contributed by atoms with Gasteiger partial charge in [-0.05, 0) is 42.2 Å². The van der Waals surface area contributed by atoms with Crippen molar-refractivity contribution in [3.05, 3.63) is 65.2 Å². The average Bonchev–Trinajstić information content (AvgIpc) is 2.62. The highest BCUT2D eigenvalue weighted by Gasteiger charge is 2.09. The van der Waals surface area contributed by atoms with Crippen molar-refractivity contribution < 1.29 is 19.1 Å². The Balaban J connectivity index is 1.66. The maximum atomic E-state index is 11.8. The molecule has 2 aromatic rings. The number of hydrogen-bond donors (Lipinski definition) is 1. The van der Waals surface area contributed by atoms with E-state index in [1.54, 1.807) is 31.4 Å². The van der Waals surface area contributed by atoms with E-state index in [9.17, 15) is 9.59 Å². The average molecular weight is 341 g/mol. The first-order valence-corrected chi connectivity index (χ1v) is 8.18. The van der Waals surface area contributed by atoms with Gasteiger partial charge in [0, 0.05) is 6.54 Å². The summed E-state index contributed by atoms with van der Waals surface area (Å²) in [5, 5.41) is 2.76. The van der Waals surface area contributed by atoms with Crippen LogP contribution < -0.4 is 10.1 Å². The highest BCUT2D eigenvalue weighted by atomic mass is 16.5. The fourth-order valence-corrected chi connectivity index (χ4v) is 2.39. The van der Waals surface area contributed by atoms with Gasteiger partial charge >= 0.3 is 5.97 Å². The van der Waals surface area contributed by atoms with Crippen LogP contribution in [-0.4, -0.2) is 32.1 Å². The van der Waals surface area contributed by atoms with Crippen LogP contribution in [0.4, 0.5) is 0 Å². The molecule has 25 heavy (non-hydrogen) atoms. The van der Waals surface area contributed by atoms with Crippen LogP contribution >= 0.6 is 0 Å². The van der Waals surface area contributed by atoms with Gasteiger partial charge in [-0.1, -0.05) is 36.4 Å². The minimum absolute atomic E-state index is 0.125. The SMILES string of the molecule is COc1ccc(CC(=O)OCC(=O)NCCc2ccccc2C)cc1. The summed E-state index contributed by atoms with van der Waals surface area (Å²) in [6.07, 6.45) is 0.874. The van der Waals surface area contributed by atoms with Crippen LogP contribution in [0, 0.1) is 6.92 Å². The lowest BCUT2D eigenvalue weighted by atomic mass is 10.1. The van der Waals surface area contributed by atoms with Crippen molar-refractivity contribution in [2.45, 2.75) is 19.8 Å². The molecule has 5 heteroatoms. The van der Waals surface area contributed by atoms with Gasteiger partial charge in [0.05, 0.1) is 13.5 Å². The minimum Gasteiger partial charge on any atom is -0.497 e.